The summed E-state index contributed by atoms with van der Waals surface area (Å²) in [6.07, 6.45) is 1.99. The molecular weight excluding hydrogens is 486 g/mol. The fourth-order valence-electron chi connectivity index (χ4n) is 3.44. The zero-order valence-corrected chi connectivity index (χ0v) is 19.9. The molecule has 2 aromatic carbocycles. The van der Waals surface area contributed by atoms with Crippen LogP contribution in [0.3, 0.4) is 0 Å². The number of carbonyl (C=O) groups excluding carboxylic acids is 1. The van der Waals surface area contributed by atoms with E-state index < -0.39 is 22.1 Å². The summed E-state index contributed by atoms with van der Waals surface area (Å²) >= 11 is 1.11. The lowest BCUT2D eigenvalue weighted by Gasteiger charge is -2.08. The molecule has 0 saturated heterocycles. The monoisotopic (exact) mass is 507 g/mol. The minimum absolute atomic E-state index is 0.0425. The molecule has 4 aromatic rings. The Morgan fingerprint density at radius 1 is 1.19 bits per heavy atom. The Bertz CT molecular complexity index is 1560. The number of hydrogen-bond donors (Lipinski definition) is 2. The Kier molecular flexibility index (Phi) is 7.39. The average Bonchev–Trinajstić information content (AvgIpc) is 3.25. The van der Waals surface area contributed by atoms with Gasteiger partial charge in [-0.2, -0.15) is 5.10 Å². The summed E-state index contributed by atoms with van der Waals surface area (Å²) in [5.74, 6) is -0.458. The van der Waals surface area contributed by atoms with Crippen molar-refractivity contribution in [2.24, 2.45) is 12.1 Å². The molecule has 0 aliphatic carbocycles. The van der Waals surface area contributed by atoms with E-state index in [2.05, 4.69) is 20.5 Å². The van der Waals surface area contributed by atoms with E-state index in [1.54, 1.807) is 4.57 Å². The summed E-state index contributed by atoms with van der Waals surface area (Å²) in [5.41, 5.74) is 3.37. The number of imidazole rings is 1. The number of nitro benzene ring substituents is 1. The molecule has 12 nitrogen and oxygen atoms in total. The number of hydrazone groups is 1. The predicted molar refractivity (Wildman–Crippen MR) is 135 cm³/mol. The minimum Gasteiger partial charge on any atom is -0.313 e. The van der Waals surface area contributed by atoms with Crippen LogP contribution in [-0.4, -0.2) is 41.9 Å². The SMILES string of the molecule is Cn1c(=O)[nH]c(=O)c2c1nc(SCC(=O)NN=Cc1ccc([N+](=O)[O-])cc1)n2CCc1ccccc1. The maximum absolute atomic E-state index is 12.6. The summed E-state index contributed by atoms with van der Waals surface area (Å²) in [4.78, 5) is 54.0. The summed E-state index contributed by atoms with van der Waals surface area (Å²) < 4.78 is 2.97. The lowest BCUT2D eigenvalue weighted by molar-refractivity contribution is -0.384. The number of aryl methyl sites for hydroxylation is 3. The average molecular weight is 508 g/mol. The van der Waals surface area contributed by atoms with Crippen LogP contribution in [-0.2, 0) is 24.8 Å². The van der Waals surface area contributed by atoms with Crippen LogP contribution in [0.4, 0.5) is 5.69 Å². The van der Waals surface area contributed by atoms with Gasteiger partial charge in [0, 0.05) is 25.7 Å². The number of H-pyrrole nitrogens is 1. The van der Waals surface area contributed by atoms with E-state index in [1.807, 2.05) is 30.3 Å². The fourth-order valence-corrected chi connectivity index (χ4v) is 4.26. The number of nitro groups is 1. The van der Waals surface area contributed by atoms with Gasteiger partial charge < -0.3 is 4.57 Å². The molecule has 1 amide bonds. The van der Waals surface area contributed by atoms with Crippen LogP contribution >= 0.6 is 11.8 Å². The van der Waals surface area contributed by atoms with Gasteiger partial charge in [0.05, 0.1) is 16.9 Å². The van der Waals surface area contributed by atoms with Crippen molar-refractivity contribution in [3.05, 3.63) is 96.7 Å². The van der Waals surface area contributed by atoms with Crippen molar-refractivity contribution in [2.45, 2.75) is 18.1 Å². The molecule has 0 saturated carbocycles. The molecule has 0 fully saturated rings. The molecule has 0 radical (unpaired) electrons. The first-order valence-corrected chi connectivity index (χ1v) is 11.7. The van der Waals surface area contributed by atoms with Gasteiger partial charge in [-0.05, 0) is 29.7 Å². The van der Waals surface area contributed by atoms with Crippen LogP contribution in [0.2, 0.25) is 0 Å². The number of nitrogens with one attached hydrogen (secondary N) is 2. The largest absolute Gasteiger partial charge is 0.329 e. The molecule has 0 aliphatic heterocycles. The molecule has 4 rings (SSSR count). The zero-order chi connectivity index (χ0) is 25.7. The van der Waals surface area contributed by atoms with Crippen LogP contribution in [0.15, 0.2) is 74.4 Å². The fraction of sp³-hybridized carbons (Fsp3) is 0.174. The third-order valence-corrected chi connectivity index (χ3v) is 6.25. The maximum atomic E-state index is 12.6. The molecular formula is C23H21N7O5S. The highest BCUT2D eigenvalue weighted by Crippen LogP contribution is 2.22. The van der Waals surface area contributed by atoms with E-state index >= 15 is 0 Å². The molecule has 2 N–H and O–H groups in total. The molecule has 184 valence electrons. The smallest absolute Gasteiger partial charge is 0.313 e. The molecule has 0 atom stereocenters. The van der Waals surface area contributed by atoms with Gasteiger partial charge in [-0.3, -0.25) is 29.3 Å². The molecule has 0 unspecified atom stereocenters. The first-order valence-electron chi connectivity index (χ1n) is 10.8. The number of fused-ring (bicyclic) bond motifs is 1. The van der Waals surface area contributed by atoms with Crippen molar-refractivity contribution in [1.82, 2.24) is 24.5 Å². The number of aromatic amines is 1. The second-order valence-corrected chi connectivity index (χ2v) is 8.65. The first kappa shape index (κ1) is 24.6. The molecule has 0 spiro atoms. The number of thioether (sulfide) groups is 1. The lowest BCUT2D eigenvalue weighted by Crippen LogP contribution is -2.29. The van der Waals surface area contributed by atoms with E-state index in [0.717, 1.165) is 17.3 Å². The number of benzene rings is 2. The van der Waals surface area contributed by atoms with Crippen molar-refractivity contribution in [3.8, 4) is 0 Å². The van der Waals surface area contributed by atoms with Gasteiger partial charge in [0.15, 0.2) is 16.3 Å². The van der Waals surface area contributed by atoms with Gasteiger partial charge in [-0.15, -0.1) is 0 Å². The Hall–Kier alpha value is -4.52. The predicted octanol–water partition coefficient (Wildman–Crippen LogP) is 1.82. The molecule has 2 aromatic heterocycles. The number of aromatic nitrogens is 4. The van der Waals surface area contributed by atoms with Crippen LogP contribution in [0, 0.1) is 10.1 Å². The third-order valence-electron chi connectivity index (χ3n) is 5.28. The van der Waals surface area contributed by atoms with E-state index in [4.69, 9.17) is 0 Å². The van der Waals surface area contributed by atoms with Gasteiger partial charge in [-0.25, -0.2) is 15.2 Å². The standard InChI is InChI=1S/C23H21N7O5S/c1-28-20-19(21(32)26-22(28)33)29(12-11-15-5-3-2-4-6-15)23(25-20)36-14-18(31)27-24-13-16-7-9-17(10-8-16)30(34)35/h2-10,13H,11-12,14H2,1H3,(H,27,31)(H,26,32,33). The summed E-state index contributed by atoms with van der Waals surface area (Å²) in [7, 11) is 1.52. The minimum atomic E-state index is -0.574. The van der Waals surface area contributed by atoms with E-state index in [0.29, 0.717) is 23.7 Å². The van der Waals surface area contributed by atoms with Crippen LogP contribution in [0.1, 0.15) is 11.1 Å². The Morgan fingerprint density at radius 3 is 2.61 bits per heavy atom. The highest BCUT2D eigenvalue weighted by Gasteiger charge is 2.18. The summed E-state index contributed by atoms with van der Waals surface area (Å²) in [6.45, 7) is 0.421. The molecule has 0 aliphatic rings. The molecule has 2 heterocycles. The second-order valence-electron chi connectivity index (χ2n) is 7.70. The lowest BCUT2D eigenvalue weighted by atomic mass is 10.1. The van der Waals surface area contributed by atoms with E-state index in [-0.39, 0.29) is 22.6 Å². The highest BCUT2D eigenvalue weighted by atomic mass is 32.2. The van der Waals surface area contributed by atoms with Gasteiger partial charge in [0.1, 0.15) is 0 Å². The Morgan fingerprint density at radius 2 is 1.92 bits per heavy atom. The van der Waals surface area contributed by atoms with Crippen molar-refractivity contribution < 1.29 is 9.72 Å². The van der Waals surface area contributed by atoms with Crippen molar-refractivity contribution >= 4 is 40.7 Å². The summed E-state index contributed by atoms with van der Waals surface area (Å²) in [5, 5.41) is 15.0. The zero-order valence-electron chi connectivity index (χ0n) is 19.1. The van der Waals surface area contributed by atoms with Gasteiger partial charge >= 0.3 is 5.69 Å². The quantitative estimate of drug-likeness (QED) is 0.151. The number of carbonyl (C=O) groups is 1. The number of rotatable bonds is 9. The van der Waals surface area contributed by atoms with Gasteiger partial charge in [0.25, 0.3) is 17.2 Å². The molecule has 0 bridgehead atoms. The van der Waals surface area contributed by atoms with E-state index in [9.17, 15) is 24.5 Å². The number of nitrogens with zero attached hydrogens (tertiary/aromatic N) is 5. The topological polar surface area (TPSA) is 157 Å². The Labute approximate surface area is 207 Å². The van der Waals surface area contributed by atoms with Crippen LogP contribution < -0.4 is 16.7 Å². The third kappa shape index (κ3) is 5.58. The van der Waals surface area contributed by atoms with Crippen molar-refractivity contribution in [1.29, 1.82) is 0 Å². The number of non-ortho nitro benzene ring substituents is 1. The van der Waals surface area contributed by atoms with Crippen molar-refractivity contribution in [2.75, 3.05) is 5.75 Å². The summed E-state index contributed by atoms with van der Waals surface area (Å²) in [6, 6.07) is 15.4. The first-order chi connectivity index (χ1) is 17.3. The molecule has 36 heavy (non-hydrogen) atoms. The number of hydrogen-bond acceptors (Lipinski definition) is 8. The van der Waals surface area contributed by atoms with E-state index in [1.165, 1.54) is 42.1 Å². The van der Waals surface area contributed by atoms with Gasteiger partial charge in [0.2, 0.25) is 0 Å². The number of amides is 1. The second kappa shape index (κ2) is 10.8. The normalized spacial score (nSPS) is 11.2. The van der Waals surface area contributed by atoms with Crippen LogP contribution in [0.25, 0.3) is 11.2 Å². The van der Waals surface area contributed by atoms with Crippen molar-refractivity contribution in [3.63, 3.8) is 0 Å². The Balaban J connectivity index is 1.49. The van der Waals surface area contributed by atoms with Gasteiger partial charge in [-0.1, -0.05) is 42.1 Å². The highest BCUT2D eigenvalue weighted by molar-refractivity contribution is 7.99. The van der Waals surface area contributed by atoms with Crippen LogP contribution in [0.5, 0.6) is 0 Å². The molecule has 13 heteroatoms. The maximum Gasteiger partial charge on any atom is 0.329 e.